The Morgan fingerprint density at radius 1 is 1.13 bits per heavy atom. The number of amides is 1. The Bertz CT molecular complexity index is 1200. The second-order valence-electron chi connectivity index (χ2n) is 6.80. The van der Waals surface area contributed by atoms with Gasteiger partial charge in [-0.15, -0.1) is 0 Å². The smallest absolute Gasteiger partial charge is 0.340 e. The summed E-state index contributed by atoms with van der Waals surface area (Å²) in [5.41, 5.74) is 0.373. The van der Waals surface area contributed by atoms with Crippen LogP contribution < -0.4 is 20.4 Å². The van der Waals surface area contributed by atoms with Crippen LogP contribution in [0.4, 0.5) is 0 Å². The summed E-state index contributed by atoms with van der Waals surface area (Å²) in [6.07, 6.45) is -0.388. The first-order chi connectivity index (χ1) is 14.7. The number of benzene rings is 2. The van der Waals surface area contributed by atoms with Crippen LogP contribution in [0.2, 0.25) is 0 Å². The highest BCUT2D eigenvalue weighted by Gasteiger charge is 2.24. The Kier molecular flexibility index (Phi) is 6.15. The predicted molar refractivity (Wildman–Crippen MR) is 111 cm³/mol. The lowest BCUT2D eigenvalue weighted by atomic mass is 10.0. The van der Waals surface area contributed by atoms with Crippen molar-refractivity contribution in [2.75, 3.05) is 14.2 Å². The molecule has 2 aromatic carbocycles. The summed E-state index contributed by atoms with van der Waals surface area (Å²) in [4.78, 5) is 36.8. The number of fused-ring (bicyclic) bond motifs is 1. The molecule has 0 aliphatic rings. The number of carboxylic acids is 1. The van der Waals surface area contributed by atoms with Crippen LogP contribution in [0, 0.1) is 6.92 Å². The molecule has 9 nitrogen and oxygen atoms in total. The topological polar surface area (TPSA) is 135 Å². The fraction of sp³-hybridized carbons (Fsp3) is 0.227. The second-order valence-corrected chi connectivity index (χ2v) is 6.80. The molecule has 1 heterocycles. The molecule has 0 aliphatic carbocycles. The van der Waals surface area contributed by atoms with Crippen LogP contribution in [-0.4, -0.2) is 36.3 Å². The third-order valence-corrected chi connectivity index (χ3v) is 4.89. The molecule has 0 saturated heterocycles. The van der Waals surface area contributed by atoms with Gasteiger partial charge in [-0.05, 0) is 30.2 Å². The van der Waals surface area contributed by atoms with Crippen molar-refractivity contribution in [1.29, 1.82) is 0 Å². The van der Waals surface area contributed by atoms with Gasteiger partial charge in [0.15, 0.2) is 6.04 Å². The number of phenolic OH excluding ortho intramolecular Hbond substituents is 1. The molecule has 162 valence electrons. The summed E-state index contributed by atoms with van der Waals surface area (Å²) in [6, 6.07) is 7.25. The molecule has 1 aromatic heterocycles. The molecular weight excluding hydrogens is 406 g/mol. The molecule has 3 N–H and O–H groups in total. The van der Waals surface area contributed by atoms with Gasteiger partial charge in [-0.25, -0.2) is 9.59 Å². The molecule has 31 heavy (non-hydrogen) atoms. The molecule has 9 heteroatoms. The van der Waals surface area contributed by atoms with Crippen molar-refractivity contribution in [1.82, 2.24) is 5.32 Å². The Labute approximate surface area is 176 Å². The van der Waals surface area contributed by atoms with Gasteiger partial charge in [0.2, 0.25) is 5.91 Å². The third kappa shape index (κ3) is 4.45. The van der Waals surface area contributed by atoms with Gasteiger partial charge in [-0.1, -0.05) is 12.1 Å². The van der Waals surface area contributed by atoms with Crippen LogP contribution in [0.5, 0.6) is 17.2 Å². The summed E-state index contributed by atoms with van der Waals surface area (Å²) >= 11 is 0. The van der Waals surface area contributed by atoms with Gasteiger partial charge in [0.25, 0.3) is 0 Å². The van der Waals surface area contributed by atoms with E-state index in [2.05, 4.69) is 5.32 Å². The zero-order valence-corrected chi connectivity index (χ0v) is 17.1. The minimum absolute atomic E-state index is 0.0332. The molecule has 0 fully saturated rings. The van der Waals surface area contributed by atoms with E-state index in [-0.39, 0.29) is 28.9 Å². The average molecular weight is 427 g/mol. The zero-order valence-electron chi connectivity index (χ0n) is 17.1. The number of aryl methyl sites for hydroxylation is 1. The standard InChI is InChI=1S/C22H21NO8/c1-11-15(22(28)31-17-9-14(29-2)8-16(30-3)19(11)17)10-18(25)23-20(21(26)27)12-4-6-13(24)7-5-12/h4-9,20,24H,10H2,1-3H3,(H,23,25)(H,26,27). The van der Waals surface area contributed by atoms with Crippen LogP contribution in [-0.2, 0) is 16.0 Å². The van der Waals surface area contributed by atoms with Gasteiger partial charge in [0, 0.05) is 12.1 Å². The van der Waals surface area contributed by atoms with E-state index in [9.17, 15) is 24.6 Å². The number of rotatable bonds is 7. The third-order valence-electron chi connectivity index (χ3n) is 4.89. The van der Waals surface area contributed by atoms with E-state index in [1.807, 2.05) is 0 Å². The van der Waals surface area contributed by atoms with Gasteiger partial charge < -0.3 is 29.4 Å². The number of ether oxygens (including phenoxy) is 2. The molecule has 0 bridgehead atoms. The Morgan fingerprint density at radius 2 is 1.81 bits per heavy atom. The number of carboxylic acid groups (broad SMARTS) is 1. The number of methoxy groups -OCH3 is 2. The quantitative estimate of drug-likeness (QED) is 0.489. The lowest BCUT2D eigenvalue weighted by Gasteiger charge is -2.16. The maximum Gasteiger partial charge on any atom is 0.340 e. The highest BCUT2D eigenvalue weighted by molar-refractivity contribution is 5.91. The highest BCUT2D eigenvalue weighted by Crippen LogP contribution is 2.33. The number of hydrogen-bond acceptors (Lipinski definition) is 7. The van der Waals surface area contributed by atoms with Crippen LogP contribution in [0.3, 0.4) is 0 Å². The largest absolute Gasteiger partial charge is 0.508 e. The minimum atomic E-state index is -1.35. The van der Waals surface area contributed by atoms with Crippen molar-refractivity contribution < 1.29 is 33.7 Å². The van der Waals surface area contributed by atoms with Crippen LogP contribution in [0.25, 0.3) is 11.0 Å². The van der Waals surface area contributed by atoms with E-state index in [0.717, 1.165) is 0 Å². The summed E-state index contributed by atoms with van der Waals surface area (Å²) in [6.45, 7) is 1.66. The van der Waals surface area contributed by atoms with E-state index in [1.165, 1.54) is 38.5 Å². The Balaban J connectivity index is 1.95. The van der Waals surface area contributed by atoms with Crippen molar-refractivity contribution >= 4 is 22.8 Å². The van der Waals surface area contributed by atoms with Gasteiger partial charge >= 0.3 is 11.6 Å². The number of carbonyl (C=O) groups excluding carboxylic acids is 1. The zero-order chi connectivity index (χ0) is 22.7. The number of phenols is 1. The van der Waals surface area contributed by atoms with Gasteiger partial charge in [-0.3, -0.25) is 4.79 Å². The van der Waals surface area contributed by atoms with Crippen molar-refractivity contribution in [2.24, 2.45) is 0 Å². The first-order valence-electron chi connectivity index (χ1n) is 9.24. The van der Waals surface area contributed by atoms with E-state index in [4.69, 9.17) is 13.9 Å². The lowest BCUT2D eigenvalue weighted by molar-refractivity contribution is -0.142. The number of nitrogens with one attached hydrogen (secondary N) is 1. The molecule has 0 radical (unpaired) electrons. The molecule has 3 aromatic rings. The highest BCUT2D eigenvalue weighted by atomic mass is 16.5. The molecular formula is C22H21NO8. The Hall–Kier alpha value is -4.01. The number of aliphatic carboxylic acids is 1. The molecule has 1 amide bonds. The van der Waals surface area contributed by atoms with E-state index in [0.29, 0.717) is 22.4 Å². The minimum Gasteiger partial charge on any atom is -0.508 e. The molecule has 1 unspecified atom stereocenters. The summed E-state index contributed by atoms with van der Waals surface area (Å²) in [7, 11) is 2.93. The fourth-order valence-corrected chi connectivity index (χ4v) is 3.29. The summed E-state index contributed by atoms with van der Waals surface area (Å²) in [5, 5.41) is 21.8. The van der Waals surface area contributed by atoms with Gasteiger partial charge in [0.05, 0.1) is 31.6 Å². The number of hydrogen-bond donors (Lipinski definition) is 3. The van der Waals surface area contributed by atoms with E-state index in [1.54, 1.807) is 19.1 Å². The normalized spacial score (nSPS) is 11.7. The van der Waals surface area contributed by atoms with Gasteiger partial charge in [0.1, 0.15) is 22.8 Å². The number of carbonyl (C=O) groups is 2. The Morgan fingerprint density at radius 3 is 2.39 bits per heavy atom. The average Bonchev–Trinajstić information content (AvgIpc) is 2.74. The first-order valence-corrected chi connectivity index (χ1v) is 9.24. The molecule has 0 aliphatic heterocycles. The first kappa shape index (κ1) is 21.7. The van der Waals surface area contributed by atoms with Crippen molar-refractivity contribution in [3.05, 3.63) is 63.5 Å². The maximum absolute atomic E-state index is 12.6. The predicted octanol–water partition coefficient (Wildman–Crippen LogP) is 2.31. The molecule has 0 spiro atoms. The van der Waals surface area contributed by atoms with E-state index >= 15 is 0 Å². The van der Waals surface area contributed by atoms with E-state index < -0.39 is 23.5 Å². The SMILES string of the molecule is COc1cc(OC)c2c(C)c(CC(=O)NC(C(=O)O)c3ccc(O)cc3)c(=O)oc2c1. The summed E-state index contributed by atoms with van der Waals surface area (Å²) < 4.78 is 15.9. The van der Waals surface area contributed by atoms with Crippen molar-refractivity contribution in [3.63, 3.8) is 0 Å². The maximum atomic E-state index is 12.6. The molecule has 0 saturated carbocycles. The van der Waals surface area contributed by atoms with Crippen LogP contribution >= 0.6 is 0 Å². The second kappa shape index (κ2) is 8.78. The molecule has 1 atom stereocenters. The van der Waals surface area contributed by atoms with Crippen LogP contribution in [0.15, 0.2) is 45.6 Å². The monoisotopic (exact) mass is 427 g/mol. The van der Waals surface area contributed by atoms with Gasteiger partial charge in [-0.2, -0.15) is 0 Å². The lowest BCUT2D eigenvalue weighted by Crippen LogP contribution is -2.35. The summed E-state index contributed by atoms with van der Waals surface area (Å²) in [5.74, 6) is -1.15. The van der Waals surface area contributed by atoms with Crippen molar-refractivity contribution in [3.8, 4) is 17.2 Å². The van der Waals surface area contributed by atoms with Crippen molar-refractivity contribution in [2.45, 2.75) is 19.4 Å². The number of aromatic hydroxyl groups is 1. The fourth-order valence-electron chi connectivity index (χ4n) is 3.29. The van der Waals surface area contributed by atoms with Crippen LogP contribution in [0.1, 0.15) is 22.7 Å². The molecule has 3 rings (SSSR count).